The highest BCUT2D eigenvalue weighted by molar-refractivity contribution is 6.01. The lowest BCUT2D eigenvalue weighted by Crippen LogP contribution is -2.63. The van der Waals surface area contributed by atoms with Gasteiger partial charge in [0, 0.05) is 22.7 Å². The highest BCUT2D eigenvalue weighted by atomic mass is 16.7. The first-order valence-electron chi connectivity index (χ1n) is 15.2. The van der Waals surface area contributed by atoms with E-state index in [0.29, 0.717) is 12.8 Å². The van der Waals surface area contributed by atoms with Crippen LogP contribution in [0.1, 0.15) is 85.5 Å². The number of allylic oxidation sites excluding steroid dienone is 4. The zero-order valence-electron chi connectivity index (χ0n) is 23.8. The quantitative estimate of drug-likeness (QED) is 0.505. The molecule has 0 spiro atoms. The van der Waals surface area contributed by atoms with Gasteiger partial charge in [0.25, 0.3) is 0 Å². The number of carbonyl (C=O) groups is 3. The van der Waals surface area contributed by atoms with Crippen LogP contribution in [-0.4, -0.2) is 53.3 Å². The molecule has 7 nitrogen and oxygen atoms in total. The molecule has 0 aromatic carbocycles. The number of aliphatic hydroxyl groups is 1. The maximum absolute atomic E-state index is 14.2. The van der Waals surface area contributed by atoms with Crippen LogP contribution in [0.5, 0.6) is 0 Å². The summed E-state index contributed by atoms with van der Waals surface area (Å²) in [5, 5.41) is 11.9. The Labute approximate surface area is 231 Å². The molecular formula is C32H44O7. The van der Waals surface area contributed by atoms with E-state index in [4.69, 9.17) is 14.2 Å². The zero-order valence-corrected chi connectivity index (χ0v) is 23.8. The summed E-state index contributed by atoms with van der Waals surface area (Å²) in [5.74, 6) is -0.471. The number of ether oxygens (including phenoxy) is 3. The first-order valence-corrected chi connectivity index (χ1v) is 15.2. The van der Waals surface area contributed by atoms with Crippen molar-refractivity contribution in [3.8, 4) is 0 Å². The fraction of sp³-hybridized carbons (Fsp3) is 0.781. The van der Waals surface area contributed by atoms with Gasteiger partial charge in [-0.3, -0.25) is 14.4 Å². The van der Waals surface area contributed by atoms with E-state index in [9.17, 15) is 19.5 Å². The van der Waals surface area contributed by atoms with Crippen molar-refractivity contribution in [3.63, 3.8) is 0 Å². The third-order valence-electron chi connectivity index (χ3n) is 11.5. The summed E-state index contributed by atoms with van der Waals surface area (Å²) in [6, 6.07) is 0. The summed E-state index contributed by atoms with van der Waals surface area (Å²) >= 11 is 0. The van der Waals surface area contributed by atoms with Crippen molar-refractivity contribution in [2.75, 3.05) is 6.61 Å². The van der Waals surface area contributed by atoms with E-state index >= 15 is 0 Å². The van der Waals surface area contributed by atoms with Crippen molar-refractivity contribution in [3.05, 3.63) is 23.8 Å². The van der Waals surface area contributed by atoms with Crippen LogP contribution >= 0.6 is 0 Å². The second kappa shape index (κ2) is 9.63. The number of esters is 1. The van der Waals surface area contributed by atoms with E-state index in [-0.39, 0.29) is 53.2 Å². The number of carbonyl (C=O) groups excluding carboxylic acids is 3. The standard InChI is InChI=1S/C32H44O7/c1-18(2)28(36)37-17-25(35)32-26(38-29(39-32)19-8-6-5-7-9-19)15-23-22-11-10-20-14-21(33)12-13-30(20,3)27(22)24(34)16-31(23,32)4/h12-14,18-19,22-24,26-27,29,34H,5-11,15-17H2,1-4H3/t22-,23-,24-,26-,27+,29?,30-,31-,32+/m0/s1. The first kappa shape index (κ1) is 27.3. The molecule has 0 bridgehead atoms. The molecule has 0 radical (unpaired) electrons. The number of hydrogen-bond donors (Lipinski definition) is 1. The van der Waals surface area contributed by atoms with Crippen LogP contribution < -0.4 is 0 Å². The summed E-state index contributed by atoms with van der Waals surface area (Å²) in [7, 11) is 0. The van der Waals surface area contributed by atoms with Gasteiger partial charge in [0.05, 0.1) is 18.1 Å². The second-order valence-electron chi connectivity index (χ2n) is 13.9. The highest BCUT2D eigenvalue weighted by Crippen LogP contribution is 2.70. The number of hydrogen-bond acceptors (Lipinski definition) is 7. The van der Waals surface area contributed by atoms with Gasteiger partial charge in [-0.1, -0.05) is 58.6 Å². The minimum absolute atomic E-state index is 0.0162. The van der Waals surface area contributed by atoms with E-state index in [0.717, 1.165) is 44.1 Å². The van der Waals surface area contributed by atoms with Crippen molar-refractivity contribution in [1.29, 1.82) is 0 Å². The topological polar surface area (TPSA) is 99.1 Å². The molecule has 4 saturated carbocycles. The SMILES string of the molecule is CC(C)C(=O)OCC(=O)[C@@]12OC(C3CCCCC3)O[C@H]1C[C@H]1[C@@H]3CCC4=CC(=O)C=C[C@]4(C)[C@H]3[C@@H](O)C[C@@]12C. The molecule has 1 aliphatic heterocycles. The molecule has 1 saturated heterocycles. The van der Waals surface area contributed by atoms with Gasteiger partial charge in [0.1, 0.15) is 0 Å². The Balaban J connectivity index is 1.35. The molecule has 6 aliphatic rings. The lowest BCUT2D eigenvalue weighted by Gasteiger charge is -2.59. The van der Waals surface area contributed by atoms with Crippen molar-refractivity contribution in [2.45, 2.75) is 110 Å². The Morgan fingerprint density at radius 2 is 1.90 bits per heavy atom. The molecule has 6 rings (SSSR count). The Morgan fingerprint density at radius 3 is 2.62 bits per heavy atom. The maximum Gasteiger partial charge on any atom is 0.308 e. The minimum atomic E-state index is -1.25. The Kier molecular flexibility index (Phi) is 6.75. The average Bonchev–Trinajstić information content (AvgIpc) is 3.41. The van der Waals surface area contributed by atoms with Crippen LogP contribution in [0.4, 0.5) is 0 Å². The Bertz CT molecular complexity index is 1100. The van der Waals surface area contributed by atoms with Crippen LogP contribution in [-0.2, 0) is 28.6 Å². The van der Waals surface area contributed by atoms with Gasteiger partial charge in [0.15, 0.2) is 24.3 Å². The van der Waals surface area contributed by atoms with E-state index in [2.05, 4.69) is 13.8 Å². The minimum Gasteiger partial charge on any atom is -0.457 e. The van der Waals surface area contributed by atoms with Crippen LogP contribution in [0.15, 0.2) is 23.8 Å². The van der Waals surface area contributed by atoms with Crippen LogP contribution in [0.2, 0.25) is 0 Å². The number of fused-ring (bicyclic) bond motifs is 7. The number of rotatable bonds is 5. The molecule has 7 heteroatoms. The summed E-state index contributed by atoms with van der Waals surface area (Å²) in [4.78, 5) is 38.7. The van der Waals surface area contributed by atoms with Crippen LogP contribution in [0.25, 0.3) is 0 Å². The summed E-state index contributed by atoms with van der Waals surface area (Å²) in [6.07, 6.45) is 12.2. The summed E-state index contributed by atoms with van der Waals surface area (Å²) < 4.78 is 19.0. The lowest BCUT2D eigenvalue weighted by molar-refractivity contribution is -0.210. The smallest absolute Gasteiger partial charge is 0.308 e. The number of Topliss-reactive ketones (excluding diaryl/α,β-unsaturated/α-hetero) is 1. The molecule has 9 atom stereocenters. The molecule has 39 heavy (non-hydrogen) atoms. The van der Waals surface area contributed by atoms with Crippen LogP contribution in [0, 0.1) is 40.4 Å². The number of aliphatic hydroxyl groups excluding tert-OH is 1. The van der Waals surface area contributed by atoms with Gasteiger partial charge in [-0.15, -0.1) is 0 Å². The Morgan fingerprint density at radius 1 is 1.15 bits per heavy atom. The van der Waals surface area contributed by atoms with Gasteiger partial charge < -0.3 is 19.3 Å². The zero-order chi connectivity index (χ0) is 27.7. The van der Waals surface area contributed by atoms with Gasteiger partial charge in [0.2, 0.25) is 5.78 Å². The summed E-state index contributed by atoms with van der Waals surface area (Å²) in [6.45, 7) is 7.44. The first-order chi connectivity index (χ1) is 18.5. The van der Waals surface area contributed by atoms with Gasteiger partial charge in [-0.05, 0) is 62.5 Å². The summed E-state index contributed by atoms with van der Waals surface area (Å²) in [5.41, 5.74) is -1.19. The molecule has 0 amide bonds. The third kappa shape index (κ3) is 3.97. The molecule has 214 valence electrons. The molecule has 1 unspecified atom stereocenters. The van der Waals surface area contributed by atoms with Gasteiger partial charge >= 0.3 is 5.97 Å². The molecule has 1 N–H and O–H groups in total. The Hall–Kier alpha value is -1.83. The van der Waals surface area contributed by atoms with E-state index in [1.165, 1.54) is 6.42 Å². The molecule has 1 heterocycles. The number of ketones is 2. The maximum atomic E-state index is 14.2. The molecule has 0 aromatic rings. The van der Waals surface area contributed by atoms with Crippen molar-refractivity contribution in [2.24, 2.45) is 40.4 Å². The molecule has 0 aromatic heterocycles. The fourth-order valence-electron chi connectivity index (χ4n) is 9.62. The third-order valence-corrected chi connectivity index (χ3v) is 11.5. The van der Waals surface area contributed by atoms with Crippen molar-refractivity contribution < 1.29 is 33.7 Å². The van der Waals surface area contributed by atoms with Crippen LogP contribution in [0.3, 0.4) is 0 Å². The predicted molar refractivity (Wildman–Crippen MR) is 143 cm³/mol. The highest BCUT2D eigenvalue weighted by Gasteiger charge is 2.76. The van der Waals surface area contributed by atoms with Crippen molar-refractivity contribution in [1.82, 2.24) is 0 Å². The second-order valence-corrected chi connectivity index (χ2v) is 13.9. The fourth-order valence-corrected chi connectivity index (χ4v) is 9.62. The molecule has 5 aliphatic carbocycles. The lowest BCUT2D eigenvalue weighted by atomic mass is 9.46. The largest absolute Gasteiger partial charge is 0.457 e. The normalized spacial score (nSPS) is 45.3. The van der Waals surface area contributed by atoms with E-state index in [1.54, 1.807) is 26.0 Å². The van der Waals surface area contributed by atoms with E-state index in [1.807, 2.05) is 6.08 Å². The van der Waals surface area contributed by atoms with Gasteiger partial charge in [-0.2, -0.15) is 0 Å². The average molecular weight is 541 g/mol. The molecular weight excluding hydrogens is 496 g/mol. The monoisotopic (exact) mass is 540 g/mol. The van der Waals surface area contributed by atoms with E-state index < -0.39 is 35.5 Å². The van der Waals surface area contributed by atoms with Crippen molar-refractivity contribution >= 4 is 17.5 Å². The molecule has 5 fully saturated rings. The predicted octanol–water partition coefficient (Wildman–Crippen LogP) is 4.70. The van der Waals surface area contributed by atoms with Gasteiger partial charge in [-0.25, -0.2) is 0 Å².